The summed E-state index contributed by atoms with van der Waals surface area (Å²) in [5, 5.41) is 24.0. The van der Waals surface area contributed by atoms with E-state index in [1.165, 1.54) is 6.92 Å². The third kappa shape index (κ3) is 10.4. The molecule has 0 saturated heterocycles. The molecule has 0 aliphatic carbocycles. The van der Waals surface area contributed by atoms with Crippen LogP contribution in [0.2, 0.25) is 0 Å². The van der Waals surface area contributed by atoms with E-state index < -0.39 is 66.7 Å². The van der Waals surface area contributed by atoms with E-state index >= 15 is 0 Å². The van der Waals surface area contributed by atoms with E-state index in [1.54, 1.807) is 0 Å². The van der Waals surface area contributed by atoms with Crippen molar-refractivity contribution in [1.82, 2.24) is 16.0 Å². The molecule has 0 radical (unpaired) electrons. The Morgan fingerprint density at radius 2 is 1.59 bits per heavy atom. The minimum atomic E-state index is -1.37. The Morgan fingerprint density at radius 3 is 2.07 bits per heavy atom. The number of nitrogens with one attached hydrogen (secondary N) is 3. The highest BCUT2D eigenvalue weighted by molar-refractivity contribution is 5.93. The fraction of sp³-hybridized carbons (Fsp3) is 0.571. The standard InChI is InChI=1S/C14H23N5O8/c1-6(12(24)19-8(14(26)27)2-3-9(16)20)18-10(21)5-17-13(25)7(15)4-11(22)23/h6-8H,2-5,15H2,1H3,(H2,16,20)(H,17,25)(H,18,21)(H,19,24)(H,22,23)(H,26,27). The molecule has 0 rings (SSSR count). The van der Waals surface area contributed by atoms with Crippen LogP contribution in [0.3, 0.4) is 0 Å². The third-order valence-electron chi connectivity index (χ3n) is 3.22. The van der Waals surface area contributed by atoms with Crippen LogP contribution in [0.15, 0.2) is 0 Å². The second-order valence-corrected chi connectivity index (χ2v) is 5.62. The summed E-state index contributed by atoms with van der Waals surface area (Å²) in [6.07, 6.45) is -1.08. The van der Waals surface area contributed by atoms with E-state index in [1.807, 2.05) is 0 Å². The zero-order chi connectivity index (χ0) is 21.1. The molecule has 0 bridgehead atoms. The van der Waals surface area contributed by atoms with Crippen LogP contribution in [0.5, 0.6) is 0 Å². The maximum Gasteiger partial charge on any atom is 0.326 e. The largest absolute Gasteiger partial charge is 0.481 e. The van der Waals surface area contributed by atoms with Gasteiger partial charge in [0.2, 0.25) is 23.6 Å². The molecule has 0 spiro atoms. The summed E-state index contributed by atoms with van der Waals surface area (Å²) in [7, 11) is 0. The predicted octanol–water partition coefficient (Wildman–Crippen LogP) is -3.76. The lowest BCUT2D eigenvalue weighted by atomic mass is 10.1. The van der Waals surface area contributed by atoms with Crippen molar-refractivity contribution in [1.29, 1.82) is 0 Å². The number of amides is 4. The van der Waals surface area contributed by atoms with E-state index in [0.29, 0.717) is 0 Å². The van der Waals surface area contributed by atoms with Crippen molar-refractivity contribution < 1.29 is 39.0 Å². The van der Waals surface area contributed by atoms with Gasteiger partial charge in [-0.2, -0.15) is 0 Å². The molecule has 27 heavy (non-hydrogen) atoms. The number of carboxylic acids is 2. The highest BCUT2D eigenvalue weighted by atomic mass is 16.4. The molecule has 0 fully saturated rings. The van der Waals surface area contributed by atoms with Gasteiger partial charge in [-0.1, -0.05) is 0 Å². The molecule has 152 valence electrons. The Labute approximate surface area is 153 Å². The van der Waals surface area contributed by atoms with Crippen molar-refractivity contribution >= 4 is 35.6 Å². The molecule has 13 nitrogen and oxygen atoms in total. The summed E-state index contributed by atoms with van der Waals surface area (Å²) in [5.41, 5.74) is 10.2. The molecule has 0 saturated carbocycles. The third-order valence-corrected chi connectivity index (χ3v) is 3.22. The molecule has 0 aromatic carbocycles. The van der Waals surface area contributed by atoms with Crippen LogP contribution in [0.1, 0.15) is 26.2 Å². The minimum Gasteiger partial charge on any atom is -0.481 e. The average molecular weight is 389 g/mol. The zero-order valence-corrected chi connectivity index (χ0v) is 14.6. The first kappa shape index (κ1) is 23.8. The Hall–Kier alpha value is -3.22. The van der Waals surface area contributed by atoms with Crippen LogP contribution in [0.4, 0.5) is 0 Å². The van der Waals surface area contributed by atoms with Gasteiger partial charge in [-0.15, -0.1) is 0 Å². The predicted molar refractivity (Wildman–Crippen MR) is 88.8 cm³/mol. The monoisotopic (exact) mass is 389 g/mol. The van der Waals surface area contributed by atoms with Crippen molar-refractivity contribution in [3.63, 3.8) is 0 Å². The number of nitrogens with two attached hydrogens (primary N) is 2. The summed E-state index contributed by atoms with van der Waals surface area (Å²) in [5.74, 6) is -5.85. The van der Waals surface area contributed by atoms with Crippen LogP contribution in [0, 0.1) is 0 Å². The molecule has 3 atom stereocenters. The van der Waals surface area contributed by atoms with Crippen molar-refractivity contribution in [2.45, 2.75) is 44.3 Å². The first-order chi connectivity index (χ1) is 12.4. The Balaban J connectivity index is 4.45. The summed E-state index contributed by atoms with van der Waals surface area (Å²) in [6, 6.07) is -3.84. The molecular formula is C14H23N5O8. The fourth-order valence-electron chi connectivity index (χ4n) is 1.78. The number of rotatable bonds is 12. The maximum atomic E-state index is 11.9. The zero-order valence-electron chi connectivity index (χ0n) is 14.6. The molecule has 4 amide bonds. The second-order valence-electron chi connectivity index (χ2n) is 5.62. The number of carbonyl (C=O) groups is 6. The lowest BCUT2D eigenvalue weighted by Crippen LogP contribution is -2.52. The molecule has 0 heterocycles. The molecule has 0 aliphatic rings. The van der Waals surface area contributed by atoms with Gasteiger partial charge >= 0.3 is 11.9 Å². The van der Waals surface area contributed by atoms with Gasteiger partial charge in [0.05, 0.1) is 19.0 Å². The topological polar surface area (TPSA) is 231 Å². The molecule has 9 N–H and O–H groups in total. The lowest BCUT2D eigenvalue weighted by Gasteiger charge is -2.18. The smallest absolute Gasteiger partial charge is 0.326 e. The molecule has 0 aromatic rings. The van der Waals surface area contributed by atoms with Crippen LogP contribution < -0.4 is 27.4 Å². The van der Waals surface area contributed by atoms with E-state index in [9.17, 15) is 28.8 Å². The minimum absolute atomic E-state index is 0.214. The van der Waals surface area contributed by atoms with Gasteiger partial charge < -0.3 is 37.6 Å². The molecule has 3 unspecified atom stereocenters. The van der Waals surface area contributed by atoms with Gasteiger partial charge in [-0.3, -0.25) is 24.0 Å². The van der Waals surface area contributed by atoms with Gasteiger partial charge in [0.25, 0.3) is 0 Å². The first-order valence-electron chi connectivity index (χ1n) is 7.80. The van der Waals surface area contributed by atoms with Crippen LogP contribution in [0.25, 0.3) is 0 Å². The maximum absolute atomic E-state index is 11.9. The van der Waals surface area contributed by atoms with E-state index in [-0.39, 0.29) is 12.8 Å². The van der Waals surface area contributed by atoms with Gasteiger partial charge in [0.15, 0.2) is 0 Å². The summed E-state index contributed by atoms with van der Waals surface area (Å²) in [4.78, 5) is 67.3. The SMILES string of the molecule is CC(NC(=O)CNC(=O)C(N)CC(=O)O)C(=O)NC(CCC(N)=O)C(=O)O. The lowest BCUT2D eigenvalue weighted by molar-refractivity contribution is -0.142. The van der Waals surface area contributed by atoms with E-state index in [4.69, 9.17) is 21.7 Å². The van der Waals surface area contributed by atoms with Crippen LogP contribution in [-0.2, 0) is 28.8 Å². The first-order valence-corrected chi connectivity index (χ1v) is 7.80. The number of hydrogen-bond donors (Lipinski definition) is 7. The fourth-order valence-corrected chi connectivity index (χ4v) is 1.78. The normalized spacial score (nSPS) is 13.6. The Kier molecular flexibility index (Phi) is 10.0. The van der Waals surface area contributed by atoms with E-state index in [2.05, 4.69) is 16.0 Å². The van der Waals surface area contributed by atoms with Crippen LogP contribution >= 0.6 is 0 Å². The quantitative estimate of drug-likeness (QED) is 0.173. The number of hydrogen-bond acceptors (Lipinski definition) is 7. The van der Waals surface area contributed by atoms with Gasteiger partial charge in [0.1, 0.15) is 12.1 Å². The average Bonchev–Trinajstić information content (AvgIpc) is 2.54. The number of carboxylic acid groups (broad SMARTS) is 2. The van der Waals surface area contributed by atoms with Crippen LogP contribution in [-0.4, -0.2) is 70.5 Å². The van der Waals surface area contributed by atoms with Crippen molar-refractivity contribution in [3.05, 3.63) is 0 Å². The highest BCUT2D eigenvalue weighted by Crippen LogP contribution is 1.98. The van der Waals surface area contributed by atoms with Crippen molar-refractivity contribution in [3.8, 4) is 0 Å². The Bertz CT molecular complexity index is 608. The Morgan fingerprint density at radius 1 is 1.00 bits per heavy atom. The van der Waals surface area contributed by atoms with Gasteiger partial charge in [-0.25, -0.2) is 4.79 Å². The summed E-state index contributed by atoms with van der Waals surface area (Å²) >= 11 is 0. The number of carbonyl (C=O) groups excluding carboxylic acids is 4. The molecular weight excluding hydrogens is 366 g/mol. The molecule has 0 aromatic heterocycles. The number of primary amides is 1. The second kappa shape index (κ2) is 11.4. The summed E-state index contributed by atoms with van der Waals surface area (Å²) < 4.78 is 0. The van der Waals surface area contributed by atoms with Gasteiger partial charge in [-0.05, 0) is 13.3 Å². The van der Waals surface area contributed by atoms with Crippen molar-refractivity contribution in [2.75, 3.05) is 6.54 Å². The van der Waals surface area contributed by atoms with Crippen molar-refractivity contribution in [2.24, 2.45) is 11.5 Å². The van der Waals surface area contributed by atoms with E-state index in [0.717, 1.165) is 0 Å². The summed E-state index contributed by atoms with van der Waals surface area (Å²) in [6.45, 7) is 0.714. The van der Waals surface area contributed by atoms with Gasteiger partial charge in [0, 0.05) is 6.42 Å². The molecule has 0 aliphatic heterocycles. The number of aliphatic carboxylic acids is 2. The highest BCUT2D eigenvalue weighted by Gasteiger charge is 2.24. The molecule has 13 heteroatoms.